The van der Waals surface area contributed by atoms with Gasteiger partial charge in [0.15, 0.2) is 16.6 Å². The molecule has 1 heterocycles. The monoisotopic (exact) mass is 487 g/mol. The molecule has 1 aromatic heterocycles. The minimum atomic E-state index is -0.183. The molecule has 3 aromatic rings. The first-order chi connectivity index (χ1) is 16.4. The normalized spacial score (nSPS) is 11.0. The standard InChI is InChI=1S/C25H33N3O5S/c1-7-31-20-14-17(15-21(32-8-2)23(20)33-9-3)24(29)28(13-12-27(4)5)25-26-19-16-18(30-6)10-11-22(19)34-25/h10-11,14-16H,7-9,12-13H2,1-6H3. The number of carbonyl (C=O) groups is 1. The second-order valence-corrected chi connectivity index (χ2v) is 8.70. The maximum atomic E-state index is 13.8. The molecule has 34 heavy (non-hydrogen) atoms. The van der Waals surface area contributed by atoms with Gasteiger partial charge in [-0.2, -0.15) is 0 Å². The van der Waals surface area contributed by atoms with Gasteiger partial charge in [-0.25, -0.2) is 4.98 Å². The summed E-state index contributed by atoms with van der Waals surface area (Å²) in [5.41, 5.74) is 1.24. The van der Waals surface area contributed by atoms with Crippen LogP contribution in [0.15, 0.2) is 30.3 Å². The Morgan fingerprint density at radius 2 is 1.59 bits per heavy atom. The van der Waals surface area contributed by atoms with E-state index in [4.69, 9.17) is 23.9 Å². The topological polar surface area (TPSA) is 73.4 Å². The number of amides is 1. The van der Waals surface area contributed by atoms with Crippen molar-refractivity contribution in [3.8, 4) is 23.0 Å². The smallest absolute Gasteiger partial charge is 0.260 e. The number of likely N-dealkylation sites (N-methyl/N-ethyl adjacent to an activating group) is 1. The number of ether oxygens (including phenoxy) is 4. The van der Waals surface area contributed by atoms with Gasteiger partial charge in [-0.3, -0.25) is 9.69 Å². The number of benzene rings is 2. The van der Waals surface area contributed by atoms with E-state index in [0.29, 0.717) is 60.9 Å². The van der Waals surface area contributed by atoms with E-state index >= 15 is 0 Å². The molecule has 0 atom stereocenters. The molecular formula is C25H33N3O5S. The molecule has 0 spiro atoms. The van der Waals surface area contributed by atoms with Gasteiger partial charge in [-0.15, -0.1) is 0 Å². The summed E-state index contributed by atoms with van der Waals surface area (Å²) in [5.74, 6) is 2.03. The highest BCUT2D eigenvalue weighted by molar-refractivity contribution is 7.22. The Bertz CT molecular complexity index is 1090. The van der Waals surface area contributed by atoms with E-state index < -0.39 is 0 Å². The van der Waals surface area contributed by atoms with Gasteiger partial charge in [0.1, 0.15) is 5.75 Å². The molecule has 0 radical (unpaired) electrons. The van der Waals surface area contributed by atoms with Crippen LogP contribution in [-0.4, -0.2) is 69.9 Å². The molecule has 0 N–H and O–H groups in total. The van der Waals surface area contributed by atoms with Crippen molar-refractivity contribution in [2.45, 2.75) is 20.8 Å². The lowest BCUT2D eigenvalue weighted by atomic mass is 10.1. The number of fused-ring (bicyclic) bond motifs is 1. The zero-order valence-corrected chi connectivity index (χ0v) is 21.5. The molecular weight excluding hydrogens is 454 g/mol. The molecule has 3 rings (SSSR count). The van der Waals surface area contributed by atoms with E-state index in [1.807, 2.05) is 58.0 Å². The lowest BCUT2D eigenvalue weighted by molar-refractivity contribution is 0.0984. The first kappa shape index (κ1) is 25.6. The fraction of sp³-hybridized carbons (Fsp3) is 0.440. The Kier molecular flexibility index (Phi) is 8.95. The summed E-state index contributed by atoms with van der Waals surface area (Å²) in [6.07, 6.45) is 0. The number of nitrogens with zero attached hydrogens (tertiary/aromatic N) is 3. The Hall–Kier alpha value is -3.04. The number of rotatable bonds is 12. The number of anilines is 1. The van der Waals surface area contributed by atoms with Crippen molar-refractivity contribution in [2.24, 2.45) is 0 Å². The number of methoxy groups -OCH3 is 1. The zero-order valence-electron chi connectivity index (χ0n) is 20.7. The summed E-state index contributed by atoms with van der Waals surface area (Å²) in [7, 11) is 5.57. The van der Waals surface area contributed by atoms with Crippen molar-refractivity contribution in [2.75, 3.05) is 59.0 Å². The van der Waals surface area contributed by atoms with E-state index in [9.17, 15) is 4.79 Å². The van der Waals surface area contributed by atoms with Crippen molar-refractivity contribution in [1.82, 2.24) is 9.88 Å². The maximum Gasteiger partial charge on any atom is 0.260 e. The van der Waals surface area contributed by atoms with Crippen LogP contribution in [-0.2, 0) is 0 Å². The van der Waals surface area contributed by atoms with Crippen molar-refractivity contribution in [3.05, 3.63) is 35.9 Å². The van der Waals surface area contributed by atoms with Crippen molar-refractivity contribution >= 4 is 32.6 Å². The van der Waals surface area contributed by atoms with Gasteiger partial charge in [0, 0.05) is 24.7 Å². The molecule has 0 unspecified atom stereocenters. The van der Waals surface area contributed by atoms with Crippen LogP contribution in [0.2, 0.25) is 0 Å². The molecule has 0 saturated heterocycles. The van der Waals surface area contributed by atoms with E-state index in [1.54, 1.807) is 24.1 Å². The lowest BCUT2D eigenvalue weighted by Crippen LogP contribution is -2.36. The van der Waals surface area contributed by atoms with Crippen LogP contribution in [0.5, 0.6) is 23.0 Å². The summed E-state index contributed by atoms with van der Waals surface area (Å²) in [5, 5.41) is 0.625. The second kappa shape index (κ2) is 11.9. The zero-order chi connectivity index (χ0) is 24.7. The molecule has 0 aliphatic rings. The van der Waals surface area contributed by atoms with Crippen LogP contribution >= 0.6 is 11.3 Å². The second-order valence-electron chi connectivity index (χ2n) is 7.69. The molecule has 0 saturated carbocycles. The van der Waals surface area contributed by atoms with Crippen LogP contribution in [0.4, 0.5) is 5.13 Å². The molecule has 8 nitrogen and oxygen atoms in total. The van der Waals surface area contributed by atoms with Crippen LogP contribution in [0, 0.1) is 0 Å². The van der Waals surface area contributed by atoms with Crippen LogP contribution in [0.1, 0.15) is 31.1 Å². The van der Waals surface area contributed by atoms with E-state index in [-0.39, 0.29) is 5.91 Å². The SMILES string of the molecule is CCOc1cc(C(=O)N(CCN(C)C)c2nc3cc(OC)ccc3s2)cc(OCC)c1OCC. The molecule has 9 heteroatoms. The predicted octanol–water partition coefficient (Wildman–Crippen LogP) is 4.71. The predicted molar refractivity (Wildman–Crippen MR) is 136 cm³/mol. The number of hydrogen-bond acceptors (Lipinski definition) is 8. The highest BCUT2D eigenvalue weighted by Gasteiger charge is 2.25. The van der Waals surface area contributed by atoms with Crippen molar-refractivity contribution in [1.29, 1.82) is 0 Å². The summed E-state index contributed by atoms with van der Waals surface area (Å²) < 4.78 is 23.7. The molecule has 0 aliphatic heterocycles. The summed E-state index contributed by atoms with van der Waals surface area (Å²) >= 11 is 1.47. The van der Waals surface area contributed by atoms with Gasteiger partial charge in [-0.05, 0) is 59.1 Å². The minimum Gasteiger partial charge on any atom is -0.497 e. The molecule has 0 bridgehead atoms. The van der Waals surface area contributed by atoms with Crippen LogP contribution in [0.3, 0.4) is 0 Å². The Morgan fingerprint density at radius 1 is 0.941 bits per heavy atom. The summed E-state index contributed by atoms with van der Waals surface area (Å²) in [6, 6.07) is 9.17. The van der Waals surface area contributed by atoms with Gasteiger partial charge in [0.2, 0.25) is 5.75 Å². The van der Waals surface area contributed by atoms with Crippen molar-refractivity contribution < 1.29 is 23.7 Å². The first-order valence-electron chi connectivity index (χ1n) is 11.4. The van der Waals surface area contributed by atoms with Crippen molar-refractivity contribution in [3.63, 3.8) is 0 Å². The van der Waals surface area contributed by atoms with E-state index in [2.05, 4.69) is 0 Å². The molecule has 2 aromatic carbocycles. The quantitative estimate of drug-likeness (QED) is 0.366. The Labute approximate surface area is 205 Å². The van der Waals surface area contributed by atoms with E-state index in [0.717, 1.165) is 16.0 Å². The number of carbonyl (C=O) groups excluding carboxylic acids is 1. The average Bonchev–Trinajstić information content (AvgIpc) is 3.23. The summed E-state index contributed by atoms with van der Waals surface area (Å²) in [6.45, 7) is 8.17. The fourth-order valence-corrected chi connectivity index (χ4v) is 4.36. The Morgan fingerprint density at radius 3 is 2.15 bits per heavy atom. The number of aromatic nitrogens is 1. The molecule has 0 aliphatic carbocycles. The Balaban J connectivity index is 2.07. The largest absolute Gasteiger partial charge is 0.497 e. The van der Waals surface area contributed by atoms with Crippen LogP contribution in [0.25, 0.3) is 10.2 Å². The van der Waals surface area contributed by atoms with Gasteiger partial charge in [-0.1, -0.05) is 11.3 Å². The van der Waals surface area contributed by atoms with Gasteiger partial charge >= 0.3 is 0 Å². The van der Waals surface area contributed by atoms with E-state index in [1.165, 1.54) is 11.3 Å². The third kappa shape index (κ3) is 5.90. The van der Waals surface area contributed by atoms with Gasteiger partial charge < -0.3 is 23.8 Å². The maximum absolute atomic E-state index is 13.8. The first-order valence-corrected chi connectivity index (χ1v) is 12.2. The molecule has 184 valence electrons. The fourth-order valence-electron chi connectivity index (χ4n) is 3.39. The molecule has 0 fully saturated rings. The molecule has 1 amide bonds. The average molecular weight is 488 g/mol. The highest BCUT2D eigenvalue weighted by Crippen LogP contribution is 2.40. The third-order valence-corrected chi connectivity index (χ3v) is 6.05. The minimum absolute atomic E-state index is 0.183. The highest BCUT2D eigenvalue weighted by atomic mass is 32.1. The lowest BCUT2D eigenvalue weighted by Gasteiger charge is -2.23. The number of thiazole rings is 1. The van der Waals surface area contributed by atoms with Crippen LogP contribution < -0.4 is 23.8 Å². The van der Waals surface area contributed by atoms with Gasteiger partial charge in [0.25, 0.3) is 5.91 Å². The summed E-state index contributed by atoms with van der Waals surface area (Å²) in [4.78, 5) is 22.3. The van der Waals surface area contributed by atoms with Gasteiger partial charge in [0.05, 0.1) is 37.1 Å². The third-order valence-electron chi connectivity index (χ3n) is 4.99. The number of hydrogen-bond donors (Lipinski definition) is 0.